The Hall–Kier alpha value is -2.71. The standard InChI is InChI=1S/C20H29N7O2/c1-15-22-18(24-23-15)12-19(28)26-8-2-4-17(13-26)16-5-10-25(11-6-16)20(29)14-27-9-3-7-21-27/h3,7,9,16-17H,2,4-6,8,10-14H2,1H3,(H,22,23,24). The largest absolute Gasteiger partial charge is 0.342 e. The molecule has 29 heavy (non-hydrogen) atoms. The highest BCUT2D eigenvalue weighted by Gasteiger charge is 2.33. The van der Waals surface area contributed by atoms with Crippen molar-refractivity contribution < 1.29 is 9.59 Å². The maximum Gasteiger partial charge on any atom is 0.244 e. The van der Waals surface area contributed by atoms with E-state index in [0.29, 0.717) is 24.2 Å². The molecule has 4 rings (SSSR count). The monoisotopic (exact) mass is 399 g/mol. The van der Waals surface area contributed by atoms with Crippen molar-refractivity contribution in [2.45, 2.75) is 45.6 Å². The maximum absolute atomic E-state index is 12.7. The topological polar surface area (TPSA) is 100 Å². The molecular formula is C20H29N7O2. The van der Waals surface area contributed by atoms with Crippen LogP contribution in [0.15, 0.2) is 18.5 Å². The molecule has 0 aliphatic carbocycles. The van der Waals surface area contributed by atoms with Gasteiger partial charge < -0.3 is 9.80 Å². The summed E-state index contributed by atoms with van der Waals surface area (Å²) in [4.78, 5) is 33.3. The Morgan fingerprint density at radius 3 is 2.62 bits per heavy atom. The van der Waals surface area contributed by atoms with Crippen LogP contribution < -0.4 is 0 Å². The van der Waals surface area contributed by atoms with Crippen LogP contribution in [-0.4, -0.2) is 72.8 Å². The number of rotatable bonds is 5. The van der Waals surface area contributed by atoms with Crippen molar-refractivity contribution in [2.24, 2.45) is 11.8 Å². The zero-order chi connectivity index (χ0) is 20.2. The lowest BCUT2D eigenvalue weighted by atomic mass is 9.79. The molecule has 2 amide bonds. The van der Waals surface area contributed by atoms with Gasteiger partial charge in [-0.3, -0.25) is 19.4 Å². The first-order valence-corrected chi connectivity index (χ1v) is 10.5. The van der Waals surface area contributed by atoms with E-state index >= 15 is 0 Å². The molecule has 2 aromatic heterocycles. The maximum atomic E-state index is 12.7. The third-order valence-electron chi connectivity index (χ3n) is 6.18. The van der Waals surface area contributed by atoms with E-state index in [4.69, 9.17) is 0 Å². The number of hydrogen-bond acceptors (Lipinski definition) is 5. The SMILES string of the molecule is Cc1nc(CC(=O)N2CCCC(C3CCN(C(=O)Cn4cccn4)CC3)C2)n[nH]1. The fourth-order valence-electron chi connectivity index (χ4n) is 4.59. The summed E-state index contributed by atoms with van der Waals surface area (Å²) in [5.74, 6) is 2.64. The van der Waals surface area contributed by atoms with Crippen LogP contribution in [0.4, 0.5) is 0 Å². The molecule has 156 valence electrons. The van der Waals surface area contributed by atoms with Gasteiger partial charge in [0.2, 0.25) is 11.8 Å². The second-order valence-corrected chi connectivity index (χ2v) is 8.18. The summed E-state index contributed by atoms with van der Waals surface area (Å²) in [6.07, 6.45) is 8.00. The number of nitrogens with zero attached hydrogens (tertiary/aromatic N) is 6. The summed E-state index contributed by atoms with van der Waals surface area (Å²) in [7, 11) is 0. The normalized spacial score (nSPS) is 20.8. The highest BCUT2D eigenvalue weighted by molar-refractivity contribution is 5.78. The molecule has 0 saturated carbocycles. The summed E-state index contributed by atoms with van der Waals surface area (Å²) in [6.45, 7) is 5.37. The van der Waals surface area contributed by atoms with Gasteiger partial charge in [0.05, 0.1) is 6.42 Å². The van der Waals surface area contributed by atoms with E-state index in [1.807, 2.05) is 29.0 Å². The molecule has 1 N–H and O–H groups in total. The molecule has 9 nitrogen and oxygen atoms in total. The highest BCUT2D eigenvalue weighted by atomic mass is 16.2. The molecule has 1 unspecified atom stereocenters. The first kappa shape index (κ1) is 19.6. The third-order valence-corrected chi connectivity index (χ3v) is 6.18. The minimum atomic E-state index is 0.112. The predicted octanol–water partition coefficient (Wildman–Crippen LogP) is 1.03. The van der Waals surface area contributed by atoms with Crippen molar-refractivity contribution in [3.05, 3.63) is 30.1 Å². The molecule has 0 radical (unpaired) electrons. The van der Waals surface area contributed by atoms with Gasteiger partial charge in [0, 0.05) is 38.6 Å². The van der Waals surface area contributed by atoms with Crippen LogP contribution in [0, 0.1) is 18.8 Å². The van der Waals surface area contributed by atoms with Crippen molar-refractivity contribution in [1.29, 1.82) is 0 Å². The van der Waals surface area contributed by atoms with Crippen molar-refractivity contribution in [3.63, 3.8) is 0 Å². The zero-order valence-electron chi connectivity index (χ0n) is 17.0. The van der Waals surface area contributed by atoms with Gasteiger partial charge in [0.1, 0.15) is 12.4 Å². The van der Waals surface area contributed by atoms with Gasteiger partial charge in [-0.25, -0.2) is 4.98 Å². The first-order chi connectivity index (χ1) is 14.1. The van der Waals surface area contributed by atoms with Crippen LogP contribution in [-0.2, 0) is 22.6 Å². The van der Waals surface area contributed by atoms with Gasteiger partial charge in [-0.15, -0.1) is 0 Å². The summed E-state index contributed by atoms with van der Waals surface area (Å²) in [5, 5.41) is 11.0. The number of aryl methyl sites for hydroxylation is 1. The average molecular weight is 399 g/mol. The van der Waals surface area contributed by atoms with Crippen molar-refractivity contribution in [2.75, 3.05) is 26.2 Å². The van der Waals surface area contributed by atoms with Crippen LogP contribution in [0.2, 0.25) is 0 Å². The van der Waals surface area contributed by atoms with Gasteiger partial charge in [-0.1, -0.05) is 0 Å². The van der Waals surface area contributed by atoms with E-state index in [9.17, 15) is 9.59 Å². The Balaban J connectivity index is 1.26. The van der Waals surface area contributed by atoms with Crippen LogP contribution >= 0.6 is 0 Å². The van der Waals surface area contributed by atoms with E-state index in [0.717, 1.165) is 57.7 Å². The number of carbonyl (C=O) groups excluding carboxylic acids is 2. The molecule has 0 bridgehead atoms. The molecule has 2 aliphatic heterocycles. The lowest BCUT2D eigenvalue weighted by Crippen LogP contribution is -2.46. The number of piperidine rings is 2. The first-order valence-electron chi connectivity index (χ1n) is 10.5. The van der Waals surface area contributed by atoms with Gasteiger partial charge in [-0.05, 0) is 50.5 Å². The molecule has 4 heterocycles. The Morgan fingerprint density at radius 2 is 1.93 bits per heavy atom. The Labute approximate surface area is 170 Å². The molecule has 2 saturated heterocycles. The summed E-state index contributed by atoms with van der Waals surface area (Å²) < 4.78 is 1.68. The minimum Gasteiger partial charge on any atom is -0.342 e. The molecule has 9 heteroatoms. The Kier molecular flexibility index (Phi) is 5.92. The van der Waals surface area contributed by atoms with E-state index in [-0.39, 0.29) is 18.2 Å². The van der Waals surface area contributed by atoms with E-state index in [1.54, 1.807) is 10.9 Å². The summed E-state index contributed by atoms with van der Waals surface area (Å²) in [5.41, 5.74) is 0. The predicted molar refractivity (Wildman–Crippen MR) is 106 cm³/mol. The lowest BCUT2D eigenvalue weighted by Gasteiger charge is -2.41. The third kappa shape index (κ3) is 4.83. The molecule has 2 fully saturated rings. The summed E-state index contributed by atoms with van der Waals surface area (Å²) >= 11 is 0. The second kappa shape index (κ2) is 8.75. The van der Waals surface area contributed by atoms with Gasteiger partial charge in [-0.2, -0.15) is 10.2 Å². The minimum absolute atomic E-state index is 0.112. The average Bonchev–Trinajstić information content (AvgIpc) is 3.40. The van der Waals surface area contributed by atoms with Crippen LogP contribution in [0.5, 0.6) is 0 Å². The van der Waals surface area contributed by atoms with E-state index in [1.165, 1.54) is 0 Å². The van der Waals surface area contributed by atoms with Crippen molar-refractivity contribution in [3.8, 4) is 0 Å². The zero-order valence-corrected chi connectivity index (χ0v) is 17.0. The van der Waals surface area contributed by atoms with Gasteiger partial charge in [0.15, 0.2) is 5.82 Å². The van der Waals surface area contributed by atoms with Gasteiger partial charge >= 0.3 is 0 Å². The Morgan fingerprint density at radius 1 is 1.10 bits per heavy atom. The molecule has 1 atom stereocenters. The Bertz CT molecular complexity index is 824. The fourth-order valence-corrected chi connectivity index (χ4v) is 4.59. The number of aromatic amines is 1. The highest BCUT2D eigenvalue weighted by Crippen LogP contribution is 2.32. The number of amides is 2. The van der Waals surface area contributed by atoms with E-state index < -0.39 is 0 Å². The van der Waals surface area contributed by atoms with Crippen LogP contribution in [0.25, 0.3) is 0 Å². The molecule has 2 aromatic rings. The van der Waals surface area contributed by atoms with Gasteiger partial charge in [0.25, 0.3) is 0 Å². The van der Waals surface area contributed by atoms with Crippen molar-refractivity contribution in [1.82, 2.24) is 34.8 Å². The fraction of sp³-hybridized carbons (Fsp3) is 0.650. The molecule has 2 aliphatic rings. The molecular weight excluding hydrogens is 370 g/mol. The quantitative estimate of drug-likeness (QED) is 0.809. The number of nitrogens with one attached hydrogen (secondary N) is 1. The van der Waals surface area contributed by atoms with Crippen LogP contribution in [0.3, 0.4) is 0 Å². The molecule has 0 spiro atoms. The smallest absolute Gasteiger partial charge is 0.244 e. The molecule has 0 aromatic carbocycles. The summed E-state index contributed by atoms with van der Waals surface area (Å²) in [6, 6.07) is 1.83. The van der Waals surface area contributed by atoms with E-state index in [2.05, 4.69) is 20.3 Å². The lowest BCUT2D eigenvalue weighted by molar-refractivity contribution is -0.134. The number of likely N-dealkylation sites (tertiary alicyclic amines) is 2. The second-order valence-electron chi connectivity index (χ2n) is 8.18. The van der Waals surface area contributed by atoms with Crippen LogP contribution in [0.1, 0.15) is 37.3 Å². The van der Waals surface area contributed by atoms with Crippen molar-refractivity contribution >= 4 is 11.8 Å². The number of hydrogen-bond donors (Lipinski definition) is 1. The number of H-pyrrole nitrogens is 1. The number of carbonyl (C=O) groups is 2. The number of aromatic nitrogens is 5.